The Bertz CT molecular complexity index is 1150. The highest BCUT2D eigenvalue weighted by molar-refractivity contribution is 6.09. The molecule has 0 atom stereocenters. The summed E-state index contributed by atoms with van der Waals surface area (Å²) in [4.78, 5) is 18.8. The van der Waals surface area contributed by atoms with Crippen molar-refractivity contribution in [3.63, 3.8) is 0 Å². The van der Waals surface area contributed by atoms with E-state index in [1.165, 1.54) is 19.3 Å². The van der Waals surface area contributed by atoms with E-state index in [1.54, 1.807) is 0 Å². The molecule has 1 aromatic heterocycles. The van der Waals surface area contributed by atoms with Gasteiger partial charge in [-0.3, -0.25) is 4.79 Å². The monoisotopic (exact) mass is 438 g/mol. The Balaban J connectivity index is 1.40. The number of hydrogen-bond donors (Lipinski definition) is 1. The van der Waals surface area contributed by atoms with E-state index in [2.05, 4.69) is 34.1 Å². The number of likely N-dealkylation sites (tertiary alicyclic amines) is 1. The lowest BCUT2D eigenvalue weighted by Gasteiger charge is -2.25. The Morgan fingerprint density at radius 3 is 2.18 bits per heavy atom. The molecule has 168 valence electrons. The molecule has 1 saturated heterocycles. The maximum atomic E-state index is 13.1. The van der Waals surface area contributed by atoms with Crippen LogP contribution < -0.4 is 4.74 Å². The first kappa shape index (κ1) is 21.5. The maximum Gasteiger partial charge on any atom is 0.166 e. The smallest absolute Gasteiger partial charge is 0.166 e. The van der Waals surface area contributed by atoms with Crippen LogP contribution in [-0.2, 0) is 0 Å². The number of para-hydroxylation sites is 1. The van der Waals surface area contributed by atoms with E-state index in [9.17, 15) is 4.79 Å². The van der Waals surface area contributed by atoms with Gasteiger partial charge in [0.2, 0.25) is 0 Å². The van der Waals surface area contributed by atoms with E-state index in [1.807, 2.05) is 60.8 Å². The lowest BCUT2D eigenvalue weighted by Crippen LogP contribution is -2.31. The summed E-state index contributed by atoms with van der Waals surface area (Å²) in [5.41, 5.74) is 3.80. The van der Waals surface area contributed by atoms with Gasteiger partial charge in [0.1, 0.15) is 11.9 Å². The van der Waals surface area contributed by atoms with Gasteiger partial charge >= 0.3 is 0 Å². The molecule has 0 spiro atoms. The second-order valence-corrected chi connectivity index (χ2v) is 8.78. The lowest BCUT2D eigenvalue weighted by atomic mass is 10.0. The highest BCUT2D eigenvalue weighted by Gasteiger charge is 2.20. The van der Waals surface area contributed by atoms with Gasteiger partial charge in [-0.15, -0.1) is 0 Å². The van der Waals surface area contributed by atoms with Crippen molar-refractivity contribution in [1.29, 1.82) is 0 Å². The number of hydrogen-bond acceptors (Lipinski definition) is 3. The minimum absolute atomic E-state index is 0.187. The molecule has 0 bridgehead atoms. The van der Waals surface area contributed by atoms with Crippen LogP contribution in [0.2, 0.25) is 0 Å². The Labute approximate surface area is 195 Å². The Hall–Kier alpha value is -3.37. The quantitative estimate of drug-likeness (QED) is 0.324. The number of benzene rings is 3. The minimum atomic E-state index is -0.237. The normalized spacial score (nSPS) is 14.6. The van der Waals surface area contributed by atoms with Gasteiger partial charge in [-0.1, -0.05) is 79.2 Å². The van der Waals surface area contributed by atoms with Gasteiger partial charge in [-0.25, -0.2) is 0 Å². The van der Waals surface area contributed by atoms with E-state index in [0.29, 0.717) is 6.42 Å². The fraction of sp³-hybridized carbons (Fsp3) is 0.276. The van der Waals surface area contributed by atoms with Crippen molar-refractivity contribution in [3.05, 3.63) is 102 Å². The second-order valence-electron chi connectivity index (χ2n) is 8.78. The molecule has 0 aliphatic carbocycles. The number of ether oxygens (including phenoxy) is 1. The van der Waals surface area contributed by atoms with Gasteiger partial charge < -0.3 is 14.6 Å². The predicted molar refractivity (Wildman–Crippen MR) is 133 cm³/mol. The Kier molecular flexibility index (Phi) is 6.54. The molecule has 1 fully saturated rings. The standard InChI is InChI=1S/C29H30N2O2/c32-26(17-20-31-18-8-3-9-19-31)25-21-30-28-24(25)15-10-16-27(28)33-29(22-11-4-1-5-12-22)23-13-6-2-7-14-23/h1-2,4-7,10-16,21,29-30H,3,8-9,17-20H2. The number of aromatic nitrogens is 1. The molecule has 4 nitrogen and oxygen atoms in total. The first-order valence-electron chi connectivity index (χ1n) is 11.9. The van der Waals surface area contributed by atoms with Crippen LogP contribution in [-0.4, -0.2) is 35.3 Å². The van der Waals surface area contributed by atoms with Gasteiger partial charge in [0.05, 0.1) is 5.52 Å². The molecule has 3 aromatic carbocycles. The van der Waals surface area contributed by atoms with Crippen LogP contribution in [0.4, 0.5) is 0 Å². The summed E-state index contributed by atoms with van der Waals surface area (Å²) in [5.74, 6) is 0.937. The highest BCUT2D eigenvalue weighted by atomic mass is 16.5. The third kappa shape index (κ3) is 4.86. The topological polar surface area (TPSA) is 45.3 Å². The molecule has 5 rings (SSSR count). The number of rotatable bonds is 8. The average molecular weight is 439 g/mol. The summed E-state index contributed by atoms with van der Waals surface area (Å²) in [5, 5.41) is 0.927. The van der Waals surface area contributed by atoms with Gasteiger partial charge in [-0.05, 0) is 43.1 Å². The highest BCUT2D eigenvalue weighted by Crippen LogP contribution is 2.34. The van der Waals surface area contributed by atoms with Gasteiger partial charge in [0, 0.05) is 30.1 Å². The largest absolute Gasteiger partial charge is 0.479 e. The SMILES string of the molecule is O=C(CCN1CCCCC1)c1c[nH]c2c(OC(c3ccccc3)c3ccccc3)cccc12. The van der Waals surface area contributed by atoms with Crippen LogP contribution in [0.15, 0.2) is 85.1 Å². The van der Waals surface area contributed by atoms with Crippen molar-refractivity contribution in [2.45, 2.75) is 31.8 Å². The molecule has 0 saturated carbocycles. The van der Waals surface area contributed by atoms with Crippen molar-refractivity contribution >= 4 is 16.7 Å². The molecule has 1 N–H and O–H groups in total. The average Bonchev–Trinajstić information content (AvgIpc) is 3.33. The number of nitrogens with zero attached hydrogens (tertiary/aromatic N) is 1. The van der Waals surface area contributed by atoms with Crippen LogP contribution in [0.25, 0.3) is 10.9 Å². The first-order chi connectivity index (χ1) is 16.3. The molecule has 1 aliphatic rings. The predicted octanol–water partition coefficient (Wildman–Crippen LogP) is 6.40. The van der Waals surface area contributed by atoms with Crippen molar-refractivity contribution < 1.29 is 9.53 Å². The third-order valence-corrected chi connectivity index (χ3v) is 6.53. The summed E-state index contributed by atoms with van der Waals surface area (Å²) in [6.45, 7) is 3.06. The first-order valence-corrected chi connectivity index (χ1v) is 11.9. The third-order valence-electron chi connectivity index (χ3n) is 6.53. The van der Waals surface area contributed by atoms with E-state index in [0.717, 1.165) is 53.0 Å². The number of ketones is 1. The number of nitrogens with one attached hydrogen (secondary N) is 1. The van der Waals surface area contributed by atoms with Gasteiger partial charge in [0.25, 0.3) is 0 Å². The molecule has 4 aromatic rings. The number of carbonyl (C=O) groups excluding carboxylic acids is 1. The summed E-state index contributed by atoms with van der Waals surface area (Å²) in [7, 11) is 0. The zero-order chi connectivity index (χ0) is 22.5. The van der Waals surface area contributed by atoms with Crippen molar-refractivity contribution in [2.24, 2.45) is 0 Å². The lowest BCUT2D eigenvalue weighted by molar-refractivity contribution is 0.0960. The number of H-pyrrole nitrogens is 1. The van der Waals surface area contributed by atoms with E-state index < -0.39 is 0 Å². The van der Waals surface area contributed by atoms with Crippen molar-refractivity contribution in [2.75, 3.05) is 19.6 Å². The Morgan fingerprint density at radius 1 is 0.848 bits per heavy atom. The van der Waals surface area contributed by atoms with Gasteiger partial charge in [0.15, 0.2) is 5.78 Å². The van der Waals surface area contributed by atoms with Crippen LogP contribution in [0.1, 0.15) is 53.3 Å². The Morgan fingerprint density at radius 2 is 1.52 bits per heavy atom. The molecule has 4 heteroatoms. The summed E-state index contributed by atoms with van der Waals surface area (Å²) in [6, 6.07) is 26.4. The van der Waals surface area contributed by atoms with E-state index >= 15 is 0 Å². The molecule has 0 amide bonds. The summed E-state index contributed by atoms with van der Waals surface area (Å²) >= 11 is 0. The van der Waals surface area contributed by atoms with Crippen LogP contribution in [0, 0.1) is 0 Å². The molecule has 0 unspecified atom stereocenters. The maximum absolute atomic E-state index is 13.1. The van der Waals surface area contributed by atoms with Crippen LogP contribution in [0.3, 0.4) is 0 Å². The summed E-state index contributed by atoms with van der Waals surface area (Å²) < 4.78 is 6.60. The van der Waals surface area contributed by atoms with E-state index in [4.69, 9.17) is 4.74 Å². The van der Waals surface area contributed by atoms with Crippen LogP contribution >= 0.6 is 0 Å². The molecule has 2 heterocycles. The fourth-order valence-corrected chi connectivity index (χ4v) is 4.74. The number of carbonyl (C=O) groups is 1. The fourth-order valence-electron chi connectivity index (χ4n) is 4.74. The zero-order valence-corrected chi connectivity index (χ0v) is 18.9. The number of piperidine rings is 1. The minimum Gasteiger partial charge on any atom is -0.479 e. The number of fused-ring (bicyclic) bond motifs is 1. The van der Waals surface area contributed by atoms with Crippen molar-refractivity contribution in [3.8, 4) is 5.75 Å². The number of Topliss-reactive ketones (excluding diaryl/α,β-unsaturated/α-hetero) is 1. The molecule has 0 radical (unpaired) electrons. The van der Waals surface area contributed by atoms with Crippen molar-refractivity contribution in [1.82, 2.24) is 9.88 Å². The van der Waals surface area contributed by atoms with E-state index in [-0.39, 0.29) is 11.9 Å². The van der Waals surface area contributed by atoms with Crippen LogP contribution in [0.5, 0.6) is 5.75 Å². The second kappa shape index (κ2) is 10.1. The molecule has 33 heavy (non-hydrogen) atoms. The molecular weight excluding hydrogens is 408 g/mol. The van der Waals surface area contributed by atoms with Gasteiger partial charge in [-0.2, -0.15) is 0 Å². The molecular formula is C29H30N2O2. The summed E-state index contributed by atoms with van der Waals surface area (Å²) in [6.07, 6.45) is 5.95. The number of aromatic amines is 1. The molecule has 1 aliphatic heterocycles. The zero-order valence-electron chi connectivity index (χ0n) is 18.9.